The van der Waals surface area contributed by atoms with Gasteiger partial charge in [0.25, 0.3) is 0 Å². The molecule has 0 radical (unpaired) electrons. The average molecular weight is 423 g/mol. The first-order valence-electron chi connectivity index (χ1n) is 4.94. The molecule has 0 N–H and O–H groups in total. The molecule has 17 heavy (non-hydrogen) atoms. The molecule has 0 bridgehead atoms. The lowest BCUT2D eigenvalue weighted by molar-refractivity contribution is 1.05. The van der Waals surface area contributed by atoms with Crippen molar-refractivity contribution in [3.63, 3.8) is 0 Å². The zero-order valence-corrected chi connectivity index (χ0v) is 13.3. The number of halogens is 3. The number of rotatable bonds is 3. The summed E-state index contributed by atoms with van der Waals surface area (Å²) in [5.41, 5.74) is 1.20. The van der Waals surface area contributed by atoms with Crippen LogP contribution in [0.25, 0.3) is 0 Å². The maximum atomic E-state index is 5.85. The second-order valence-corrected chi connectivity index (χ2v) is 6.00. The van der Waals surface area contributed by atoms with Crippen LogP contribution in [0.15, 0.2) is 47.1 Å². The first-order chi connectivity index (χ1) is 8.15. The zero-order chi connectivity index (χ0) is 12.3. The Morgan fingerprint density at radius 2 is 1.88 bits per heavy atom. The molecule has 0 saturated carbocycles. The maximum Gasteiger partial charge on any atom is 0.137 e. The van der Waals surface area contributed by atoms with Crippen molar-refractivity contribution >= 4 is 56.2 Å². The van der Waals surface area contributed by atoms with Crippen LogP contribution in [0.4, 0.5) is 5.82 Å². The lowest BCUT2D eigenvalue weighted by Gasteiger charge is -2.15. The fraction of sp³-hybridized carbons (Fsp3) is 0.0833. The predicted molar refractivity (Wildman–Crippen MR) is 83.6 cm³/mol. The normalized spacial score (nSPS) is 10.3. The van der Waals surface area contributed by atoms with Crippen LogP contribution in [-0.4, -0.2) is 4.98 Å². The molecule has 0 saturated heterocycles. The average Bonchev–Trinajstić information content (AvgIpc) is 2.33. The molecule has 0 aliphatic rings. The third-order valence-corrected chi connectivity index (χ3v) is 3.75. The highest BCUT2D eigenvalue weighted by molar-refractivity contribution is 14.1. The van der Waals surface area contributed by atoms with Crippen LogP contribution in [0.5, 0.6) is 0 Å². The Labute approximate surface area is 128 Å². The van der Waals surface area contributed by atoms with Crippen molar-refractivity contribution in [2.45, 2.75) is 6.54 Å². The Hall–Kier alpha value is -0.330. The first-order valence-corrected chi connectivity index (χ1v) is 7.08. The van der Waals surface area contributed by atoms with Crippen molar-refractivity contribution < 1.29 is 0 Å². The van der Waals surface area contributed by atoms with Gasteiger partial charge in [-0.1, -0.05) is 23.7 Å². The van der Waals surface area contributed by atoms with Gasteiger partial charge in [-0.2, -0.15) is 0 Å². The molecule has 88 valence electrons. The molecule has 1 aromatic carbocycles. The molecule has 0 aliphatic carbocycles. The Morgan fingerprint density at radius 3 is 2.47 bits per heavy atom. The third-order valence-electron chi connectivity index (χ3n) is 2.20. The number of benzene rings is 1. The molecular formula is C12H9BrClIN2. The molecule has 0 spiro atoms. The summed E-state index contributed by atoms with van der Waals surface area (Å²) in [6.45, 7) is 0.798. The summed E-state index contributed by atoms with van der Waals surface area (Å²) in [7, 11) is 0. The molecule has 5 heteroatoms. The van der Waals surface area contributed by atoms with E-state index < -0.39 is 0 Å². The topological polar surface area (TPSA) is 16.1 Å². The fourth-order valence-electron chi connectivity index (χ4n) is 1.34. The van der Waals surface area contributed by atoms with Crippen LogP contribution in [0.2, 0.25) is 5.02 Å². The quantitative estimate of drug-likeness (QED) is 0.518. The van der Waals surface area contributed by atoms with E-state index in [2.05, 4.69) is 46.9 Å². The van der Waals surface area contributed by atoms with Gasteiger partial charge in [0.15, 0.2) is 0 Å². The highest BCUT2D eigenvalue weighted by Crippen LogP contribution is 2.21. The van der Waals surface area contributed by atoms with Crippen LogP contribution >= 0.6 is 50.4 Å². The smallest absolute Gasteiger partial charge is 0.137 e. The molecule has 0 unspecified atom stereocenters. The molecule has 0 aliphatic heterocycles. The summed E-state index contributed by atoms with van der Waals surface area (Å²) in [5, 5.41) is 0.760. The first kappa shape index (κ1) is 13.1. The van der Waals surface area contributed by atoms with Gasteiger partial charge in [-0.3, -0.25) is 3.11 Å². The monoisotopic (exact) mass is 422 g/mol. The van der Waals surface area contributed by atoms with Gasteiger partial charge in [-0.25, -0.2) is 4.98 Å². The summed E-state index contributed by atoms with van der Waals surface area (Å²) < 4.78 is 3.05. The van der Waals surface area contributed by atoms with Crippen molar-refractivity contribution in [3.8, 4) is 0 Å². The highest BCUT2D eigenvalue weighted by atomic mass is 127. The number of hydrogen-bond donors (Lipinski definition) is 0. The Kier molecular flexibility index (Phi) is 4.64. The minimum absolute atomic E-state index is 0.760. The van der Waals surface area contributed by atoms with E-state index in [0.717, 1.165) is 21.9 Å². The van der Waals surface area contributed by atoms with Gasteiger partial charge in [0.2, 0.25) is 0 Å². The van der Waals surface area contributed by atoms with Crippen molar-refractivity contribution in [3.05, 3.63) is 57.7 Å². The summed E-state index contributed by atoms with van der Waals surface area (Å²) >= 11 is 11.5. The zero-order valence-electron chi connectivity index (χ0n) is 8.78. The van der Waals surface area contributed by atoms with E-state index in [1.54, 1.807) is 6.20 Å². The lowest BCUT2D eigenvalue weighted by atomic mass is 10.2. The van der Waals surface area contributed by atoms with E-state index in [0.29, 0.717) is 0 Å². The summed E-state index contributed by atoms with van der Waals surface area (Å²) in [6.07, 6.45) is 1.79. The molecule has 0 fully saturated rings. The number of nitrogens with zero attached hydrogens (tertiary/aromatic N) is 2. The predicted octanol–water partition coefficient (Wildman–Crippen LogP) is 4.85. The minimum Gasteiger partial charge on any atom is -0.295 e. The van der Waals surface area contributed by atoms with Crippen molar-refractivity contribution in [2.75, 3.05) is 3.11 Å². The van der Waals surface area contributed by atoms with Crippen molar-refractivity contribution in [2.24, 2.45) is 0 Å². The summed E-state index contributed by atoms with van der Waals surface area (Å²) in [6, 6.07) is 11.8. The summed E-state index contributed by atoms with van der Waals surface area (Å²) in [5.74, 6) is 0.934. The molecular weight excluding hydrogens is 414 g/mol. The van der Waals surface area contributed by atoms with Gasteiger partial charge >= 0.3 is 0 Å². The van der Waals surface area contributed by atoms with Crippen LogP contribution in [0.1, 0.15) is 5.56 Å². The second-order valence-electron chi connectivity index (χ2n) is 3.48. The molecule has 2 rings (SSSR count). The highest BCUT2D eigenvalue weighted by Gasteiger charge is 2.04. The van der Waals surface area contributed by atoms with Gasteiger partial charge < -0.3 is 0 Å². The fourth-order valence-corrected chi connectivity index (χ4v) is 2.38. The number of aromatic nitrogens is 1. The molecule has 2 nitrogen and oxygen atoms in total. The van der Waals surface area contributed by atoms with Gasteiger partial charge in [-0.05, 0) is 45.8 Å². The van der Waals surface area contributed by atoms with E-state index in [-0.39, 0.29) is 0 Å². The molecule has 1 heterocycles. The summed E-state index contributed by atoms with van der Waals surface area (Å²) in [4.78, 5) is 4.34. The number of pyridine rings is 1. The molecule has 1 aromatic heterocycles. The molecule has 0 atom stereocenters. The van der Waals surface area contributed by atoms with Crippen LogP contribution < -0.4 is 3.11 Å². The largest absolute Gasteiger partial charge is 0.295 e. The van der Waals surface area contributed by atoms with E-state index >= 15 is 0 Å². The van der Waals surface area contributed by atoms with Crippen LogP contribution in [-0.2, 0) is 6.54 Å². The molecule has 2 aromatic rings. The lowest BCUT2D eigenvalue weighted by Crippen LogP contribution is -2.09. The Bertz CT molecular complexity index is 487. The van der Waals surface area contributed by atoms with Gasteiger partial charge in [0.05, 0.1) is 29.4 Å². The Balaban J connectivity index is 2.08. The SMILES string of the molecule is Clc1ccc(CN(I)c2ccc(Br)cn2)cc1. The van der Waals surface area contributed by atoms with Crippen LogP contribution in [0, 0.1) is 0 Å². The van der Waals surface area contributed by atoms with E-state index in [9.17, 15) is 0 Å². The second kappa shape index (κ2) is 6.02. The van der Waals surface area contributed by atoms with Gasteiger partial charge in [0.1, 0.15) is 5.82 Å². The van der Waals surface area contributed by atoms with Crippen molar-refractivity contribution in [1.82, 2.24) is 4.98 Å². The maximum absolute atomic E-state index is 5.85. The standard InChI is InChI=1S/C12H9BrClIN2/c13-10-3-6-12(16-7-10)17(15)8-9-1-4-11(14)5-2-9/h1-7H,8H2. The van der Waals surface area contributed by atoms with E-state index in [4.69, 9.17) is 11.6 Å². The van der Waals surface area contributed by atoms with Gasteiger partial charge in [-0.15, -0.1) is 0 Å². The third kappa shape index (κ3) is 3.82. The Morgan fingerprint density at radius 1 is 1.18 bits per heavy atom. The van der Waals surface area contributed by atoms with Crippen molar-refractivity contribution in [1.29, 1.82) is 0 Å². The molecule has 0 amide bonds. The van der Waals surface area contributed by atoms with E-state index in [1.165, 1.54) is 5.56 Å². The minimum atomic E-state index is 0.760. The number of hydrogen-bond acceptors (Lipinski definition) is 2. The van der Waals surface area contributed by atoms with E-state index in [1.807, 2.05) is 36.4 Å². The van der Waals surface area contributed by atoms with Crippen LogP contribution in [0.3, 0.4) is 0 Å². The number of anilines is 1. The van der Waals surface area contributed by atoms with Gasteiger partial charge in [0, 0.05) is 15.7 Å².